The van der Waals surface area contributed by atoms with Crippen LogP contribution in [0, 0.1) is 23.2 Å². The lowest BCUT2D eigenvalue weighted by Gasteiger charge is -2.55. The number of hydrogen-bond acceptors (Lipinski definition) is 6. The number of amidine groups is 1. The molecule has 4 saturated carbocycles. The number of nitrogens with zero attached hydrogens (tertiary/aromatic N) is 2. The van der Waals surface area contributed by atoms with Crippen molar-refractivity contribution in [2.45, 2.75) is 57.9 Å². The molecule has 2 N–H and O–H groups in total. The number of fused-ring (bicyclic) bond motifs is 1. The Hall–Kier alpha value is -3.26. The number of carbonyl (C=O) groups is 2. The molecule has 2 heterocycles. The van der Waals surface area contributed by atoms with E-state index in [1.807, 2.05) is 43.3 Å². The minimum Gasteiger partial charge on any atom is -0.495 e. The number of nitrogens with one attached hydrogen (secondary N) is 2. The van der Waals surface area contributed by atoms with Crippen LogP contribution in [-0.2, 0) is 9.59 Å². The molecule has 8 rings (SSSR count). The quantitative estimate of drug-likeness (QED) is 0.408. The van der Waals surface area contributed by atoms with E-state index in [-0.39, 0.29) is 23.3 Å². The van der Waals surface area contributed by atoms with Crippen LogP contribution in [0.4, 0.5) is 11.4 Å². The van der Waals surface area contributed by atoms with E-state index < -0.39 is 0 Å². The zero-order valence-electron chi connectivity index (χ0n) is 23.8. The summed E-state index contributed by atoms with van der Waals surface area (Å²) in [5, 5.41) is 7.37. The molecule has 7 nitrogen and oxygen atoms in total. The molecule has 4 bridgehead atoms. The first-order valence-corrected chi connectivity index (χ1v) is 16.0. The van der Waals surface area contributed by atoms with Crippen molar-refractivity contribution in [2.75, 3.05) is 30.0 Å². The van der Waals surface area contributed by atoms with Gasteiger partial charge in [-0.05, 0) is 99.5 Å². The maximum Gasteiger partial charge on any atom is 0.255 e. The zero-order chi connectivity index (χ0) is 28.1. The Morgan fingerprint density at radius 1 is 1.00 bits per heavy atom. The number of ether oxygens (including phenoxy) is 1. The van der Waals surface area contributed by atoms with E-state index in [0.29, 0.717) is 40.5 Å². The predicted octanol–water partition coefficient (Wildman–Crippen LogP) is 6.61. The summed E-state index contributed by atoms with van der Waals surface area (Å²) in [5.74, 6) is 3.76. The maximum atomic E-state index is 13.9. The molecule has 2 aliphatic heterocycles. The number of thioether (sulfide) groups is 1. The summed E-state index contributed by atoms with van der Waals surface area (Å²) >= 11 is 1.74. The van der Waals surface area contributed by atoms with Crippen molar-refractivity contribution in [2.24, 2.45) is 28.2 Å². The summed E-state index contributed by atoms with van der Waals surface area (Å²) in [6, 6.07) is 15.2. The number of methoxy groups -OCH3 is 1. The van der Waals surface area contributed by atoms with Crippen LogP contribution in [0.3, 0.4) is 0 Å². The third kappa shape index (κ3) is 4.84. The Kier molecular flexibility index (Phi) is 6.84. The molecule has 1 atom stereocenters. The van der Waals surface area contributed by atoms with Gasteiger partial charge < -0.3 is 20.3 Å². The number of anilines is 2. The zero-order valence-corrected chi connectivity index (χ0v) is 24.6. The average Bonchev–Trinajstić information content (AvgIpc) is 2.96. The molecular formula is C33H38N4O3S. The van der Waals surface area contributed by atoms with E-state index in [0.717, 1.165) is 54.4 Å². The van der Waals surface area contributed by atoms with Crippen LogP contribution >= 0.6 is 11.8 Å². The van der Waals surface area contributed by atoms with Gasteiger partial charge in [-0.1, -0.05) is 36.0 Å². The molecule has 1 saturated heterocycles. The SMILES string of the molecule is COc1ccccc1NC(=O)C1=C(C)N=C2SCCCN2C1c1cccc(NC(=O)C23CC4CC(CC(C4)C2)C3)c1. The van der Waals surface area contributed by atoms with Crippen LogP contribution < -0.4 is 15.4 Å². The van der Waals surface area contributed by atoms with E-state index in [4.69, 9.17) is 9.73 Å². The summed E-state index contributed by atoms with van der Waals surface area (Å²) in [6.07, 6.45) is 8.06. The molecule has 4 aliphatic carbocycles. The highest BCUT2D eigenvalue weighted by molar-refractivity contribution is 8.13. The number of amides is 2. The summed E-state index contributed by atoms with van der Waals surface area (Å²) in [6.45, 7) is 2.74. The Labute approximate surface area is 246 Å². The van der Waals surface area contributed by atoms with Crippen molar-refractivity contribution in [3.63, 3.8) is 0 Å². The smallest absolute Gasteiger partial charge is 0.255 e. The molecule has 214 valence electrons. The van der Waals surface area contributed by atoms with Gasteiger partial charge in [-0.3, -0.25) is 9.59 Å². The monoisotopic (exact) mass is 570 g/mol. The molecule has 2 aromatic carbocycles. The van der Waals surface area contributed by atoms with Crippen molar-refractivity contribution >= 4 is 40.1 Å². The first-order valence-electron chi connectivity index (χ1n) is 15.0. The fourth-order valence-electron chi connectivity index (χ4n) is 8.48. The van der Waals surface area contributed by atoms with E-state index in [9.17, 15) is 9.59 Å². The van der Waals surface area contributed by atoms with Gasteiger partial charge in [-0.15, -0.1) is 0 Å². The van der Waals surface area contributed by atoms with Gasteiger partial charge in [0, 0.05) is 18.0 Å². The first kappa shape index (κ1) is 26.6. The van der Waals surface area contributed by atoms with Gasteiger partial charge in [0.1, 0.15) is 5.75 Å². The second-order valence-electron chi connectivity index (χ2n) is 12.6. The van der Waals surface area contributed by atoms with Crippen molar-refractivity contribution < 1.29 is 14.3 Å². The number of aliphatic imine (C=N–C) groups is 1. The maximum absolute atomic E-state index is 13.9. The van der Waals surface area contributed by atoms with Gasteiger partial charge in [0.15, 0.2) is 5.17 Å². The van der Waals surface area contributed by atoms with Crippen LogP contribution in [-0.4, -0.2) is 41.3 Å². The molecule has 0 aromatic heterocycles. The standard InChI is InChI=1S/C33H38N4O3S/c1-20-28(30(38)36-26-9-3-4-10-27(26)40-2)29(37-11-6-12-41-32(37)34-20)24-7-5-8-25(16-24)35-31(39)33-17-21-13-22(18-33)15-23(14-21)19-33/h3-5,7-10,16,21-23,29H,6,11-15,17-19H2,1-2H3,(H,35,39)(H,36,38). The largest absolute Gasteiger partial charge is 0.495 e. The van der Waals surface area contributed by atoms with Crippen LogP contribution in [0.2, 0.25) is 0 Å². The Morgan fingerprint density at radius 2 is 1.73 bits per heavy atom. The van der Waals surface area contributed by atoms with Gasteiger partial charge in [-0.2, -0.15) is 0 Å². The summed E-state index contributed by atoms with van der Waals surface area (Å²) < 4.78 is 5.49. The van der Waals surface area contributed by atoms with Gasteiger partial charge in [0.05, 0.1) is 35.5 Å². The van der Waals surface area contributed by atoms with E-state index in [1.165, 1.54) is 19.3 Å². The molecule has 2 aromatic rings. The second-order valence-corrected chi connectivity index (χ2v) is 13.7. The Balaban J connectivity index is 1.19. The van der Waals surface area contributed by atoms with Crippen molar-refractivity contribution in [1.29, 1.82) is 0 Å². The van der Waals surface area contributed by atoms with E-state index >= 15 is 0 Å². The third-order valence-corrected chi connectivity index (χ3v) is 10.9. The number of carbonyl (C=O) groups excluding carboxylic acids is 2. The van der Waals surface area contributed by atoms with Gasteiger partial charge >= 0.3 is 0 Å². The fourth-order valence-corrected chi connectivity index (χ4v) is 9.50. The van der Waals surface area contributed by atoms with Crippen LogP contribution in [0.15, 0.2) is 64.8 Å². The number of hydrogen-bond donors (Lipinski definition) is 2. The van der Waals surface area contributed by atoms with Crippen molar-refractivity contribution in [3.05, 3.63) is 65.4 Å². The van der Waals surface area contributed by atoms with Crippen LogP contribution in [0.5, 0.6) is 5.75 Å². The molecule has 8 heteroatoms. The highest BCUT2D eigenvalue weighted by Crippen LogP contribution is 2.60. The molecule has 5 fully saturated rings. The average molecular weight is 571 g/mol. The predicted molar refractivity (Wildman–Crippen MR) is 164 cm³/mol. The van der Waals surface area contributed by atoms with Crippen LogP contribution in [0.1, 0.15) is 63.5 Å². The number of benzene rings is 2. The lowest BCUT2D eigenvalue weighted by molar-refractivity contribution is -0.140. The highest BCUT2D eigenvalue weighted by atomic mass is 32.2. The normalized spacial score (nSPS) is 30.0. The van der Waals surface area contributed by atoms with Crippen LogP contribution in [0.25, 0.3) is 0 Å². The van der Waals surface area contributed by atoms with Crippen molar-refractivity contribution in [3.8, 4) is 5.75 Å². The summed E-state index contributed by atoms with van der Waals surface area (Å²) in [5.41, 5.74) is 3.53. The Morgan fingerprint density at radius 3 is 2.46 bits per heavy atom. The number of para-hydroxylation sites is 2. The fraction of sp³-hybridized carbons (Fsp3) is 0.485. The highest BCUT2D eigenvalue weighted by Gasteiger charge is 2.54. The summed E-state index contributed by atoms with van der Waals surface area (Å²) in [7, 11) is 1.60. The molecule has 41 heavy (non-hydrogen) atoms. The minimum atomic E-state index is -0.304. The van der Waals surface area contributed by atoms with Crippen molar-refractivity contribution in [1.82, 2.24) is 4.90 Å². The topological polar surface area (TPSA) is 83.0 Å². The third-order valence-electron chi connectivity index (χ3n) is 9.84. The minimum absolute atomic E-state index is 0.189. The molecule has 2 amide bonds. The van der Waals surface area contributed by atoms with E-state index in [2.05, 4.69) is 27.7 Å². The number of allylic oxidation sites excluding steroid dienone is 1. The molecular weight excluding hydrogens is 532 g/mol. The summed E-state index contributed by atoms with van der Waals surface area (Å²) in [4.78, 5) is 34.9. The second kappa shape index (κ2) is 10.5. The van der Waals surface area contributed by atoms with E-state index in [1.54, 1.807) is 18.9 Å². The van der Waals surface area contributed by atoms with Gasteiger partial charge in [0.25, 0.3) is 5.91 Å². The molecule has 0 spiro atoms. The van der Waals surface area contributed by atoms with Gasteiger partial charge in [-0.25, -0.2) is 4.99 Å². The van der Waals surface area contributed by atoms with Gasteiger partial charge in [0.2, 0.25) is 5.91 Å². The molecule has 6 aliphatic rings. The molecule has 0 radical (unpaired) electrons. The first-order chi connectivity index (χ1) is 19.9. The lowest BCUT2D eigenvalue weighted by Crippen LogP contribution is -2.51. The lowest BCUT2D eigenvalue weighted by atomic mass is 9.49. The number of rotatable bonds is 6. The molecule has 1 unspecified atom stereocenters. The Bertz CT molecular complexity index is 1410.